The van der Waals surface area contributed by atoms with Crippen molar-refractivity contribution in [1.82, 2.24) is 0 Å². The van der Waals surface area contributed by atoms with Gasteiger partial charge in [-0.3, -0.25) is 9.59 Å². The first kappa shape index (κ1) is 14.4. The van der Waals surface area contributed by atoms with Crippen LogP contribution >= 0.6 is 15.9 Å². The Morgan fingerprint density at radius 2 is 2.06 bits per heavy atom. The van der Waals surface area contributed by atoms with E-state index in [1.54, 1.807) is 18.2 Å². The van der Waals surface area contributed by atoms with Crippen LogP contribution in [0.15, 0.2) is 18.2 Å². The average Bonchev–Trinajstić information content (AvgIpc) is 2.28. The van der Waals surface area contributed by atoms with Crippen LogP contribution < -0.4 is 0 Å². The predicted molar refractivity (Wildman–Crippen MR) is 69.4 cm³/mol. The molecule has 0 heterocycles. The van der Waals surface area contributed by atoms with Crippen molar-refractivity contribution in [3.05, 3.63) is 34.9 Å². The molecule has 0 saturated heterocycles. The van der Waals surface area contributed by atoms with Crippen molar-refractivity contribution in [2.24, 2.45) is 0 Å². The van der Waals surface area contributed by atoms with Crippen molar-refractivity contribution >= 4 is 27.7 Å². The van der Waals surface area contributed by atoms with Gasteiger partial charge < -0.3 is 5.11 Å². The lowest BCUT2D eigenvalue weighted by Crippen LogP contribution is -2.11. The van der Waals surface area contributed by atoms with Gasteiger partial charge in [0, 0.05) is 0 Å². The summed E-state index contributed by atoms with van der Waals surface area (Å²) in [5, 5.41) is 17.6. The zero-order valence-electron chi connectivity index (χ0n) is 9.81. The van der Waals surface area contributed by atoms with Gasteiger partial charge in [-0.1, -0.05) is 34.1 Å². The molecule has 0 aromatic heterocycles. The monoisotopic (exact) mass is 309 g/mol. The number of carbonyl (C=O) groups is 2. The lowest BCUT2D eigenvalue weighted by Gasteiger charge is -2.15. The molecule has 94 valence electrons. The molecule has 0 aliphatic carbocycles. The van der Waals surface area contributed by atoms with E-state index in [1.807, 2.05) is 6.07 Å². The number of carboxylic acid groups (broad SMARTS) is 1. The Hall–Kier alpha value is -1.67. The number of hydrogen-bond donors (Lipinski definition) is 1. The first-order valence-electron chi connectivity index (χ1n) is 5.31. The standard InChI is InChI=1S/C13H12BrNO3/c1-8(16)13(14)12-9(5-6-15)3-2-4-10(12)7-11(17)18/h2-4,13H,5,7H2,1H3,(H,17,18). The van der Waals surface area contributed by atoms with Crippen LogP contribution in [0.4, 0.5) is 0 Å². The van der Waals surface area contributed by atoms with Gasteiger partial charge in [0.2, 0.25) is 0 Å². The molecule has 5 heteroatoms. The van der Waals surface area contributed by atoms with Crippen LogP contribution in [-0.2, 0) is 22.4 Å². The summed E-state index contributed by atoms with van der Waals surface area (Å²) in [7, 11) is 0. The van der Waals surface area contributed by atoms with E-state index < -0.39 is 10.8 Å². The molecule has 0 amide bonds. The maximum Gasteiger partial charge on any atom is 0.307 e. The molecule has 0 aliphatic heterocycles. The maximum atomic E-state index is 11.5. The van der Waals surface area contributed by atoms with Crippen LogP contribution in [0.3, 0.4) is 0 Å². The Morgan fingerprint density at radius 1 is 1.44 bits per heavy atom. The van der Waals surface area contributed by atoms with Crippen LogP contribution in [0, 0.1) is 11.3 Å². The summed E-state index contributed by atoms with van der Waals surface area (Å²) in [6.45, 7) is 1.42. The number of alkyl halides is 1. The molecule has 1 N–H and O–H groups in total. The van der Waals surface area contributed by atoms with Crippen LogP contribution in [-0.4, -0.2) is 16.9 Å². The summed E-state index contributed by atoms with van der Waals surface area (Å²) in [4.78, 5) is 21.7. The Labute approximate surface area is 113 Å². The highest BCUT2D eigenvalue weighted by molar-refractivity contribution is 9.09. The molecular formula is C13H12BrNO3. The molecule has 1 rings (SSSR count). The summed E-state index contributed by atoms with van der Waals surface area (Å²) >= 11 is 3.26. The summed E-state index contributed by atoms with van der Waals surface area (Å²) in [5.41, 5.74) is 1.86. The molecule has 0 fully saturated rings. The van der Waals surface area contributed by atoms with Gasteiger partial charge in [0.1, 0.15) is 5.78 Å². The third kappa shape index (κ3) is 3.41. The first-order valence-corrected chi connectivity index (χ1v) is 6.22. The fraction of sp³-hybridized carbons (Fsp3) is 0.308. The fourth-order valence-corrected chi connectivity index (χ4v) is 2.34. The summed E-state index contributed by atoms with van der Waals surface area (Å²) < 4.78 is 0. The lowest BCUT2D eigenvalue weighted by molar-refractivity contribution is -0.136. The first-order chi connectivity index (χ1) is 8.47. The van der Waals surface area contributed by atoms with E-state index in [0.29, 0.717) is 16.7 Å². The number of nitriles is 1. The van der Waals surface area contributed by atoms with E-state index in [-0.39, 0.29) is 18.6 Å². The Bertz CT molecular complexity index is 519. The third-order valence-corrected chi connectivity index (χ3v) is 3.61. The zero-order chi connectivity index (χ0) is 13.7. The van der Waals surface area contributed by atoms with E-state index in [2.05, 4.69) is 15.9 Å². The topological polar surface area (TPSA) is 78.2 Å². The van der Waals surface area contributed by atoms with E-state index in [1.165, 1.54) is 6.92 Å². The van der Waals surface area contributed by atoms with Crippen molar-refractivity contribution in [1.29, 1.82) is 5.26 Å². The molecule has 18 heavy (non-hydrogen) atoms. The molecule has 4 nitrogen and oxygen atoms in total. The number of ketones is 1. The SMILES string of the molecule is CC(=O)C(Br)c1c(CC#N)cccc1CC(=O)O. The Morgan fingerprint density at radius 3 is 2.56 bits per heavy atom. The predicted octanol–water partition coefficient (Wildman–Crippen LogP) is 2.40. The largest absolute Gasteiger partial charge is 0.481 e. The van der Waals surface area contributed by atoms with Gasteiger partial charge in [0.25, 0.3) is 0 Å². The van der Waals surface area contributed by atoms with Gasteiger partial charge in [-0.05, 0) is 23.6 Å². The van der Waals surface area contributed by atoms with E-state index in [9.17, 15) is 9.59 Å². The molecule has 1 aromatic carbocycles. The van der Waals surface area contributed by atoms with E-state index in [0.717, 1.165) is 0 Å². The minimum Gasteiger partial charge on any atom is -0.481 e. The molecule has 1 atom stereocenters. The van der Waals surface area contributed by atoms with Gasteiger partial charge in [0.15, 0.2) is 0 Å². The van der Waals surface area contributed by atoms with Crippen molar-refractivity contribution in [3.8, 4) is 6.07 Å². The average molecular weight is 310 g/mol. The molecule has 1 aromatic rings. The maximum absolute atomic E-state index is 11.5. The van der Waals surface area contributed by atoms with Gasteiger partial charge in [-0.2, -0.15) is 5.26 Å². The molecule has 0 aliphatic rings. The number of aliphatic carboxylic acids is 1. The summed E-state index contributed by atoms with van der Waals surface area (Å²) in [6.07, 6.45) is -0.0118. The van der Waals surface area contributed by atoms with Crippen LogP contribution in [0.25, 0.3) is 0 Å². The van der Waals surface area contributed by atoms with E-state index in [4.69, 9.17) is 10.4 Å². The highest BCUT2D eigenvalue weighted by Crippen LogP contribution is 2.31. The third-order valence-electron chi connectivity index (χ3n) is 2.51. The van der Waals surface area contributed by atoms with E-state index >= 15 is 0 Å². The molecule has 0 saturated carbocycles. The smallest absolute Gasteiger partial charge is 0.307 e. The second-order valence-electron chi connectivity index (χ2n) is 3.87. The summed E-state index contributed by atoms with van der Waals surface area (Å²) in [5.74, 6) is -1.08. The van der Waals surface area contributed by atoms with Gasteiger partial charge in [0.05, 0.1) is 23.7 Å². The minimum absolute atomic E-state index is 0.118. The lowest BCUT2D eigenvalue weighted by atomic mass is 9.93. The van der Waals surface area contributed by atoms with Crippen molar-refractivity contribution in [2.75, 3.05) is 0 Å². The molecule has 1 unspecified atom stereocenters. The number of carboxylic acids is 1. The van der Waals surface area contributed by atoms with Crippen molar-refractivity contribution in [2.45, 2.75) is 24.6 Å². The number of hydrogen-bond acceptors (Lipinski definition) is 3. The van der Waals surface area contributed by atoms with Gasteiger partial charge >= 0.3 is 5.97 Å². The highest BCUT2D eigenvalue weighted by atomic mass is 79.9. The summed E-state index contributed by atoms with van der Waals surface area (Å²) in [6, 6.07) is 7.13. The van der Waals surface area contributed by atoms with Crippen LogP contribution in [0.2, 0.25) is 0 Å². The van der Waals surface area contributed by atoms with Crippen molar-refractivity contribution in [3.63, 3.8) is 0 Å². The number of rotatable bonds is 5. The highest BCUT2D eigenvalue weighted by Gasteiger charge is 2.21. The fourth-order valence-electron chi connectivity index (χ4n) is 1.75. The van der Waals surface area contributed by atoms with Crippen LogP contribution in [0.1, 0.15) is 28.4 Å². The zero-order valence-corrected chi connectivity index (χ0v) is 11.4. The number of nitrogens with zero attached hydrogens (tertiary/aromatic N) is 1. The molecular weight excluding hydrogens is 298 g/mol. The van der Waals surface area contributed by atoms with Gasteiger partial charge in [-0.15, -0.1) is 0 Å². The number of halogens is 1. The number of carbonyl (C=O) groups excluding carboxylic acids is 1. The molecule has 0 radical (unpaired) electrons. The van der Waals surface area contributed by atoms with Crippen LogP contribution in [0.5, 0.6) is 0 Å². The number of benzene rings is 1. The Kier molecular flexibility index (Phi) is 5.05. The second kappa shape index (κ2) is 6.31. The second-order valence-corrected chi connectivity index (χ2v) is 4.78. The van der Waals surface area contributed by atoms with Gasteiger partial charge in [-0.25, -0.2) is 0 Å². The molecule has 0 bridgehead atoms. The molecule has 0 spiro atoms. The normalized spacial score (nSPS) is 11.6. The number of Topliss-reactive ketones (excluding diaryl/α,β-unsaturated/α-hetero) is 1. The Balaban J connectivity index is 3.33. The van der Waals surface area contributed by atoms with Crippen molar-refractivity contribution < 1.29 is 14.7 Å². The minimum atomic E-state index is -0.964. The quantitative estimate of drug-likeness (QED) is 0.847.